The molecule has 6 heteroatoms. The van der Waals surface area contributed by atoms with Crippen LogP contribution in [0.15, 0.2) is 4.99 Å². The summed E-state index contributed by atoms with van der Waals surface area (Å²) >= 11 is 0. The van der Waals surface area contributed by atoms with E-state index in [1.54, 1.807) is 7.11 Å². The van der Waals surface area contributed by atoms with Crippen molar-refractivity contribution in [1.82, 2.24) is 10.2 Å². The van der Waals surface area contributed by atoms with Gasteiger partial charge in [-0.1, -0.05) is 6.42 Å². The molecule has 1 saturated heterocycles. The maximum Gasteiger partial charge on any atom is 0.193 e. The molecule has 0 bridgehead atoms. The minimum absolute atomic E-state index is 0. The lowest BCUT2D eigenvalue weighted by molar-refractivity contribution is 0.0624. The predicted molar refractivity (Wildman–Crippen MR) is 115 cm³/mol. The van der Waals surface area contributed by atoms with Crippen LogP contribution in [-0.2, 0) is 9.47 Å². The predicted octanol–water partition coefficient (Wildman–Crippen LogP) is 3.53. The summed E-state index contributed by atoms with van der Waals surface area (Å²) in [7, 11) is 3.97. The standard InChI is InChI=1S/C19H37N3O2.HI/c1-4-20-18(21-16-19(9-5-10-19)11-15-23-3)22(2)12-6-17-7-13-24-14-8-17;/h17H,4-16H2,1-3H3,(H,20,21);1H. The highest BCUT2D eigenvalue weighted by molar-refractivity contribution is 14.0. The van der Waals surface area contributed by atoms with Crippen molar-refractivity contribution in [2.45, 2.75) is 51.9 Å². The average Bonchev–Trinajstić information content (AvgIpc) is 2.58. The normalized spacial score (nSPS) is 20.5. The van der Waals surface area contributed by atoms with Gasteiger partial charge in [-0.05, 0) is 56.8 Å². The smallest absolute Gasteiger partial charge is 0.193 e. The number of hydrogen-bond donors (Lipinski definition) is 1. The Hall–Kier alpha value is -0.0800. The molecule has 0 spiro atoms. The summed E-state index contributed by atoms with van der Waals surface area (Å²) in [6.07, 6.45) is 8.73. The fraction of sp³-hybridized carbons (Fsp3) is 0.947. The third kappa shape index (κ3) is 7.59. The minimum atomic E-state index is 0. The zero-order valence-electron chi connectivity index (χ0n) is 16.4. The van der Waals surface area contributed by atoms with E-state index in [4.69, 9.17) is 14.5 Å². The summed E-state index contributed by atoms with van der Waals surface area (Å²) in [5.41, 5.74) is 0.387. The van der Waals surface area contributed by atoms with Gasteiger partial charge in [-0.25, -0.2) is 0 Å². The van der Waals surface area contributed by atoms with Crippen molar-refractivity contribution in [3.8, 4) is 0 Å². The van der Waals surface area contributed by atoms with Crippen molar-refractivity contribution in [2.24, 2.45) is 16.3 Å². The van der Waals surface area contributed by atoms with E-state index < -0.39 is 0 Å². The summed E-state index contributed by atoms with van der Waals surface area (Å²) in [5, 5.41) is 3.47. The Labute approximate surface area is 171 Å². The molecule has 2 aliphatic rings. The Kier molecular flexibility index (Phi) is 11.3. The monoisotopic (exact) mass is 467 g/mol. The molecule has 0 aromatic heterocycles. The fourth-order valence-corrected chi connectivity index (χ4v) is 3.71. The molecule has 0 amide bonds. The van der Waals surface area contributed by atoms with Crippen LogP contribution in [0.3, 0.4) is 0 Å². The molecular weight excluding hydrogens is 429 g/mol. The first kappa shape index (κ1) is 23.0. The zero-order valence-corrected chi connectivity index (χ0v) is 18.7. The van der Waals surface area contributed by atoms with E-state index in [9.17, 15) is 0 Å². The van der Waals surface area contributed by atoms with Crippen molar-refractivity contribution in [3.05, 3.63) is 0 Å². The molecule has 0 aromatic rings. The highest BCUT2D eigenvalue weighted by atomic mass is 127. The van der Waals surface area contributed by atoms with Crippen LogP contribution in [0.2, 0.25) is 0 Å². The Balaban J connectivity index is 0.00000312. The second-order valence-corrected chi connectivity index (χ2v) is 7.53. The molecule has 0 aromatic carbocycles. The molecule has 2 fully saturated rings. The maximum atomic E-state index is 5.46. The van der Waals surface area contributed by atoms with Crippen LogP contribution in [0.1, 0.15) is 51.9 Å². The molecular formula is C19H38IN3O2. The number of methoxy groups -OCH3 is 1. The summed E-state index contributed by atoms with van der Waals surface area (Å²) in [4.78, 5) is 7.28. The molecule has 1 heterocycles. The highest BCUT2D eigenvalue weighted by Gasteiger charge is 2.36. The van der Waals surface area contributed by atoms with E-state index in [-0.39, 0.29) is 24.0 Å². The summed E-state index contributed by atoms with van der Waals surface area (Å²) in [6.45, 7) is 7.79. The number of rotatable bonds is 9. The van der Waals surface area contributed by atoms with E-state index in [1.807, 2.05) is 0 Å². The Morgan fingerprint density at radius 2 is 2.04 bits per heavy atom. The first-order valence-electron chi connectivity index (χ1n) is 9.75. The van der Waals surface area contributed by atoms with Gasteiger partial charge in [0.1, 0.15) is 0 Å². The number of halogens is 1. The Bertz CT molecular complexity index is 383. The SMILES string of the molecule is CCNC(=NCC1(CCOC)CCC1)N(C)CCC1CCOCC1.I. The molecule has 2 rings (SSSR count). The first-order chi connectivity index (χ1) is 11.7. The summed E-state index contributed by atoms with van der Waals surface area (Å²) in [6, 6.07) is 0. The molecule has 0 unspecified atom stereocenters. The molecule has 0 radical (unpaired) electrons. The molecule has 1 saturated carbocycles. The van der Waals surface area contributed by atoms with Gasteiger partial charge < -0.3 is 19.7 Å². The van der Waals surface area contributed by atoms with Crippen LogP contribution in [-0.4, -0.2) is 64.5 Å². The lowest BCUT2D eigenvalue weighted by Gasteiger charge is -2.41. The second kappa shape index (κ2) is 12.3. The second-order valence-electron chi connectivity index (χ2n) is 7.53. The molecule has 0 atom stereocenters. The number of aliphatic imine (C=N–C) groups is 1. The topological polar surface area (TPSA) is 46.1 Å². The fourth-order valence-electron chi connectivity index (χ4n) is 3.71. The summed E-state index contributed by atoms with van der Waals surface area (Å²) in [5.74, 6) is 1.87. The number of ether oxygens (including phenoxy) is 2. The van der Waals surface area contributed by atoms with Gasteiger partial charge in [0.15, 0.2) is 5.96 Å². The van der Waals surface area contributed by atoms with Gasteiger partial charge in [-0.2, -0.15) is 0 Å². The van der Waals surface area contributed by atoms with Crippen LogP contribution >= 0.6 is 24.0 Å². The summed E-state index contributed by atoms with van der Waals surface area (Å²) < 4.78 is 10.8. The van der Waals surface area contributed by atoms with Crippen LogP contribution in [0, 0.1) is 11.3 Å². The van der Waals surface area contributed by atoms with Gasteiger partial charge in [0, 0.05) is 53.6 Å². The van der Waals surface area contributed by atoms with E-state index >= 15 is 0 Å². The van der Waals surface area contributed by atoms with Crippen LogP contribution < -0.4 is 5.32 Å². The van der Waals surface area contributed by atoms with Crippen LogP contribution in [0.4, 0.5) is 0 Å². The number of hydrogen-bond acceptors (Lipinski definition) is 3. The maximum absolute atomic E-state index is 5.46. The van der Waals surface area contributed by atoms with Crippen LogP contribution in [0.25, 0.3) is 0 Å². The van der Waals surface area contributed by atoms with Gasteiger partial charge >= 0.3 is 0 Å². The number of guanidine groups is 1. The van der Waals surface area contributed by atoms with E-state index in [0.29, 0.717) is 5.41 Å². The van der Waals surface area contributed by atoms with Crippen molar-refractivity contribution in [2.75, 3.05) is 53.6 Å². The van der Waals surface area contributed by atoms with Crippen molar-refractivity contribution < 1.29 is 9.47 Å². The molecule has 1 N–H and O–H groups in total. The van der Waals surface area contributed by atoms with E-state index in [1.165, 1.54) is 38.5 Å². The van der Waals surface area contributed by atoms with Crippen LogP contribution in [0.5, 0.6) is 0 Å². The third-order valence-corrected chi connectivity index (χ3v) is 5.73. The molecule has 1 aliphatic carbocycles. The largest absolute Gasteiger partial charge is 0.385 e. The Morgan fingerprint density at radius 1 is 1.32 bits per heavy atom. The van der Waals surface area contributed by atoms with Gasteiger partial charge in [0.2, 0.25) is 0 Å². The van der Waals surface area contributed by atoms with Crippen molar-refractivity contribution >= 4 is 29.9 Å². The van der Waals surface area contributed by atoms with E-state index in [2.05, 4.69) is 24.2 Å². The lowest BCUT2D eigenvalue weighted by Crippen LogP contribution is -2.42. The third-order valence-electron chi connectivity index (χ3n) is 5.73. The molecule has 148 valence electrons. The lowest BCUT2D eigenvalue weighted by atomic mass is 9.67. The average molecular weight is 467 g/mol. The zero-order chi connectivity index (χ0) is 17.3. The first-order valence-corrected chi connectivity index (χ1v) is 9.75. The van der Waals surface area contributed by atoms with Crippen molar-refractivity contribution in [3.63, 3.8) is 0 Å². The van der Waals surface area contributed by atoms with Gasteiger partial charge in [-0.3, -0.25) is 4.99 Å². The van der Waals surface area contributed by atoms with Gasteiger partial charge in [0.05, 0.1) is 0 Å². The van der Waals surface area contributed by atoms with Gasteiger partial charge in [0.25, 0.3) is 0 Å². The molecule has 25 heavy (non-hydrogen) atoms. The van der Waals surface area contributed by atoms with Crippen molar-refractivity contribution in [1.29, 1.82) is 0 Å². The number of nitrogens with zero attached hydrogens (tertiary/aromatic N) is 2. The minimum Gasteiger partial charge on any atom is -0.385 e. The molecule has 1 aliphatic heterocycles. The quantitative estimate of drug-likeness (QED) is 0.320. The number of nitrogens with one attached hydrogen (secondary N) is 1. The Morgan fingerprint density at radius 3 is 2.60 bits per heavy atom. The highest BCUT2D eigenvalue weighted by Crippen LogP contribution is 2.44. The van der Waals surface area contributed by atoms with Gasteiger partial charge in [-0.15, -0.1) is 24.0 Å². The van der Waals surface area contributed by atoms with E-state index in [0.717, 1.165) is 57.8 Å². The molecule has 5 nitrogen and oxygen atoms in total.